The van der Waals surface area contributed by atoms with Gasteiger partial charge in [-0.1, -0.05) is 0 Å². The van der Waals surface area contributed by atoms with Gasteiger partial charge >= 0.3 is 18.2 Å². The highest BCUT2D eigenvalue weighted by Crippen LogP contribution is 2.50. The largest absolute Gasteiger partial charge is 0.454 e. The molecule has 0 bridgehead atoms. The van der Waals surface area contributed by atoms with Crippen LogP contribution >= 0.6 is 0 Å². The Morgan fingerprint density at radius 2 is 2.00 bits per heavy atom. The topological polar surface area (TPSA) is 161 Å². The highest BCUT2D eigenvalue weighted by molar-refractivity contribution is 5.90. The van der Waals surface area contributed by atoms with Crippen molar-refractivity contribution in [1.29, 1.82) is 0 Å². The van der Waals surface area contributed by atoms with Crippen LogP contribution in [-0.4, -0.2) is 85.9 Å². The lowest BCUT2D eigenvalue weighted by atomic mass is 9.79. The second kappa shape index (κ2) is 6.95. The predicted molar refractivity (Wildman–Crippen MR) is 99.1 cm³/mol. The van der Waals surface area contributed by atoms with Gasteiger partial charge in [-0.2, -0.15) is 18.2 Å². The Labute approximate surface area is 178 Å². The molecule has 1 spiro atoms. The van der Waals surface area contributed by atoms with Crippen LogP contribution in [-0.2, 0) is 10.9 Å². The molecule has 0 aliphatic carbocycles. The lowest BCUT2D eigenvalue weighted by Gasteiger charge is -2.52. The van der Waals surface area contributed by atoms with Crippen LogP contribution in [0.4, 0.5) is 18.0 Å². The van der Waals surface area contributed by atoms with Crippen LogP contribution in [0.2, 0.25) is 0 Å². The third-order valence-corrected chi connectivity index (χ3v) is 6.18. The molecule has 14 heteroatoms. The van der Waals surface area contributed by atoms with Crippen LogP contribution in [0.1, 0.15) is 22.8 Å². The number of aliphatic hydroxyl groups excluding tert-OH is 1. The van der Waals surface area contributed by atoms with E-state index in [1.807, 2.05) is 0 Å². The lowest BCUT2D eigenvalue weighted by Crippen LogP contribution is -2.80. The van der Waals surface area contributed by atoms with Gasteiger partial charge < -0.3 is 26.0 Å². The van der Waals surface area contributed by atoms with Gasteiger partial charge in [0.05, 0.1) is 30.3 Å². The van der Waals surface area contributed by atoms with Crippen molar-refractivity contribution in [3.63, 3.8) is 0 Å². The Bertz CT molecular complexity index is 984. The SMILES string of the molecule is CC1(O)C(OC(=O)c2ccc(C(F)(F)F)cc2)CN2C(=O)NC(CO)C3N=C(N)N(O)C321. The highest BCUT2D eigenvalue weighted by atomic mass is 19.4. The van der Waals surface area contributed by atoms with Crippen molar-refractivity contribution < 1.29 is 42.9 Å². The third kappa shape index (κ3) is 2.83. The van der Waals surface area contributed by atoms with Crippen molar-refractivity contribution in [1.82, 2.24) is 15.3 Å². The lowest BCUT2D eigenvalue weighted by molar-refractivity contribution is -0.233. The number of hydrogen-bond acceptors (Lipinski definition) is 9. The molecule has 3 aliphatic heterocycles. The molecular formula is C18H20F3N5O6. The number of guanidine groups is 1. The number of amides is 2. The number of hydroxylamine groups is 2. The summed E-state index contributed by atoms with van der Waals surface area (Å²) in [5.74, 6) is -1.47. The molecule has 3 aliphatic rings. The molecule has 2 amide bonds. The maximum absolute atomic E-state index is 12.7. The number of halogens is 3. The maximum Gasteiger partial charge on any atom is 0.416 e. The van der Waals surface area contributed by atoms with Crippen molar-refractivity contribution in [2.75, 3.05) is 13.2 Å². The Morgan fingerprint density at radius 3 is 2.56 bits per heavy atom. The number of benzene rings is 1. The predicted octanol–water partition coefficient (Wildman–Crippen LogP) is -0.534. The molecule has 174 valence electrons. The summed E-state index contributed by atoms with van der Waals surface area (Å²) in [4.78, 5) is 30.3. The smallest absolute Gasteiger partial charge is 0.416 e. The number of nitrogens with two attached hydrogens (primary N) is 1. The molecule has 1 aromatic rings. The number of nitrogens with one attached hydrogen (secondary N) is 1. The van der Waals surface area contributed by atoms with Crippen LogP contribution in [0.15, 0.2) is 29.3 Å². The summed E-state index contributed by atoms with van der Waals surface area (Å²) in [6, 6.07) is 0.353. The average Bonchev–Trinajstić information content (AvgIpc) is 3.13. The Hall–Kier alpha value is -3.10. The van der Waals surface area contributed by atoms with E-state index in [1.165, 1.54) is 6.92 Å². The first-order chi connectivity index (χ1) is 14.9. The first-order valence-electron chi connectivity index (χ1n) is 9.47. The molecule has 5 unspecified atom stereocenters. The van der Waals surface area contributed by atoms with Crippen molar-refractivity contribution in [2.45, 2.75) is 42.6 Å². The molecule has 4 rings (SSSR count). The highest BCUT2D eigenvalue weighted by Gasteiger charge is 2.76. The van der Waals surface area contributed by atoms with Crippen molar-refractivity contribution in [3.8, 4) is 0 Å². The number of aliphatic hydroxyl groups is 2. The van der Waals surface area contributed by atoms with E-state index in [4.69, 9.17) is 10.5 Å². The van der Waals surface area contributed by atoms with Gasteiger partial charge in [0.2, 0.25) is 11.6 Å². The molecule has 2 saturated heterocycles. The number of aliphatic imine (C=N–C) groups is 1. The number of esters is 1. The zero-order chi connectivity index (χ0) is 23.6. The molecule has 0 radical (unpaired) electrons. The van der Waals surface area contributed by atoms with Gasteiger partial charge in [0.15, 0.2) is 6.10 Å². The van der Waals surface area contributed by atoms with E-state index in [9.17, 15) is 38.2 Å². The number of hydrogen-bond donors (Lipinski definition) is 5. The summed E-state index contributed by atoms with van der Waals surface area (Å²) in [6.45, 7) is 0.234. The molecular weight excluding hydrogens is 439 g/mol. The average molecular weight is 459 g/mol. The van der Waals surface area contributed by atoms with Gasteiger partial charge in [0, 0.05) is 0 Å². The van der Waals surface area contributed by atoms with E-state index in [-0.39, 0.29) is 12.1 Å². The van der Waals surface area contributed by atoms with Gasteiger partial charge in [-0.25, -0.2) is 14.6 Å². The van der Waals surface area contributed by atoms with E-state index in [2.05, 4.69) is 10.3 Å². The molecule has 0 aromatic heterocycles. The summed E-state index contributed by atoms with van der Waals surface area (Å²) < 4.78 is 43.6. The van der Waals surface area contributed by atoms with Crippen LogP contribution in [0, 0.1) is 0 Å². The van der Waals surface area contributed by atoms with E-state index < -0.39 is 65.8 Å². The minimum atomic E-state index is -4.59. The van der Waals surface area contributed by atoms with Gasteiger partial charge in [-0.3, -0.25) is 10.1 Å². The molecule has 1 aromatic carbocycles. The summed E-state index contributed by atoms with van der Waals surface area (Å²) in [7, 11) is 0. The van der Waals surface area contributed by atoms with E-state index in [0.717, 1.165) is 17.0 Å². The van der Waals surface area contributed by atoms with Crippen LogP contribution in [0.3, 0.4) is 0 Å². The summed E-state index contributed by atoms with van der Waals surface area (Å²) in [5.41, 5.74) is 0.419. The first kappa shape index (κ1) is 22.1. The summed E-state index contributed by atoms with van der Waals surface area (Å²) in [6.07, 6.45) is -6.00. The van der Waals surface area contributed by atoms with Crippen LogP contribution in [0.25, 0.3) is 0 Å². The molecule has 11 nitrogen and oxygen atoms in total. The minimum absolute atomic E-state index is 0.214. The van der Waals surface area contributed by atoms with Crippen LogP contribution < -0.4 is 11.1 Å². The quantitative estimate of drug-likeness (QED) is 0.377. The number of carbonyl (C=O) groups excluding carboxylic acids is 2. The van der Waals surface area contributed by atoms with Crippen molar-refractivity contribution in [2.24, 2.45) is 10.7 Å². The van der Waals surface area contributed by atoms with E-state index in [1.54, 1.807) is 0 Å². The number of alkyl halides is 3. The zero-order valence-corrected chi connectivity index (χ0v) is 16.6. The Kier molecular flexibility index (Phi) is 4.80. The number of ether oxygens (including phenoxy) is 1. The van der Waals surface area contributed by atoms with Gasteiger partial charge in [-0.05, 0) is 31.2 Å². The maximum atomic E-state index is 12.7. The molecule has 2 fully saturated rings. The van der Waals surface area contributed by atoms with Gasteiger partial charge in [0.25, 0.3) is 0 Å². The second-order valence-electron chi connectivity index (χ2n) is 7.94. The standard InChI is InChI=1S/C18H20F3N5O6/c1-16(30)11(32-13(28)8-2-4-9(5-3-8)18(19,20)21)6-25-15(29)23-10(7-27)12-17(16,25)26(31)14(22)24-12/h2-5,10-12,27,30-31H,6-7H2,1H3,(H2,22,24)(H,23,29). The molecule has 0 saturated carbocycles. The number of nitrogens with zero attached hydrogens (tertiary/aromatic N) is 3. The van der Waals surface area contributed by atoms with Gasteiger partial charge in [0.1, 0.15) is 11.6 Å². The third-order valence-electron chi connectivity index (χ3n) is 6.18. The monoisotopic (exact) mass is 459 g/mol. The van der Waals surface area contributed by atoms with Crippen LogP contribution in [0.5, 0.6) is 0 Å². The fourth-order valence-corrected chi connectivity index (χ4v) is 4.58. The second-order valence-corrected chi connectivity index (χ2v) is 7.94. The fraction of sp³-hybridized carbons (Fsp3) is 0.500. The summed E-state index contributed by atoms with van der Waals surface area (Å²) >= 11 is 0. The van der Waals surface area contributed by atoms with Gasteiger partial charge in [-0.15, -0.1) is 0 Å². The Morgan fingerprint density at radius 1 is 1.38 bits per heavy atom. The minimum Gasteiger partial charge on any atom is -0.454 e. The summed E-state index contributed by atoms with van der Waals surface area (Å²) in [5, 5.41) is 34.6. The Balaban J connectivity index is 1.65. The number of rotatable bonds is 3. The van der Waals surface area contributed by atoms with Crippen molar-refractivity contribution >= 4 is 18.0 Å². The number of carbonyl (C=O) groups is 2. The number of urea groups is 1. The van der Waals surface area contributed by atoms with E-state index >= 15 is 0 Å². The molecule has 32 heavy (non-hydrogen) atoms. The molecule has 6 N–H and O–H groups in total. The zero-order valence-electron chi connectivity index (χ0n) is 16.6. The molecule has 5 atom stereocenters. The molecule has 3 heterocycles. The van der Waals surface area contributed by atoms with E-state index in [0.29, 0.717) is 17.2 Å². The fourth-order valence-electron chi connectivity index (χ4n) is 4.58. The normalized spacial score (nSPS) is 34.0. The van der Waals surface area contributed by atoms with Crippen molar-refractivity contribution in [3.05, 3.63) is 35.4 Å². The first-order valence-corrected chi connectivity index (χ1v) is 9.47.